The number of imide groups is 1. The van der Waals surface area contributed by atoms with Gasteiger partial charge in [0.25, 0.3) is 5.91 Å². The topological polar surface area (TPSA) is 92.3 Å². The Balaban J connectivity index is 1.79. The maximum Gasteiger partial charge on any atom is 0.291 e. The van der Waals surface area contributed by atoms with Gasteiger partial charge in [-0.1, -0.05) is 31.5 Å². The number of anilines is 1. The average Bonchev–Trinajstić information content (AvgIpc) is 3.23. The molecule has 3 aliphatic heterocycles. The zero-order valence-electron chi connectivity index (χ0n) is 16.9. The third-order valence-electron chi connectivity index (χ3n) is 6.42. The highest BCUT2D eigenvalue weighted by Crippen LogP contribution is 2.51. The van der Waals surface area contributed by atoms with Gasteiger partial charge in [0.1, 0.15) is 17.9 Å². The van der Waals surface area contributed by atoms with Gasteiger partial charge in [-0.05, 0) is 24.5 Å². The molecule has 1 spiro atoms. The number of carbonyl (C=O) groups is 3. The van der Waals surface area contributed by atoms with E-state index in [9.17, 15) is 14.4 Å². The van der Waals surface area contributed by atoms with Crippen LogP contribution in [0, 0.1) is 17.8 Å². The Labute approximate surface area is 175 Å². The van der Waals surface area contributed by atoms with E-state index in [1.54, 1.807) is 19.2 Å². The van der Waals surface area contributed by atoms with Crippen LogP contribution in [0.15, 0.2) is 18.2 Å². The first-order valence-corrected chi connectivity index (χ1v) is 10.5. The number of quaternary nitrogens is 1. The van der Waals surface area contributed by atoms with Crippen LogP contribution in [0.25, 0.3) is 0 Å². The number of fused-ring (bicyclic) bond motifs is 4. The van der Waals surface area contributed by atoms with Gasteiger partial charge in [-0.25, -0.2) is 0 Å². The lowest BCUT2D eigenvalue weighted by atomic mass is 9.76. The van der Waals surface area contributed by atoms with E-state index in [-0.39, 0.29) is 23.8 Å². The first kappa shape index (κ1) is 20.3. The van der Waals surface area contributed by atoms with Crippen LogP contribution in [0.2, 0.25) is 5.02 Å². The van der Waals surface area contributed by atoms with E-state index in [1.807, 2.05) is 11.4 Å². The van der Waals surface area contributed by atoms with Crippen molar-refractivity contribution in [2.24, 2.45) is 17.8 Å². The molecule has 3 aliphatic rings. The van der Waals surface area contributed by atoms with Gasteiger partial charge < -0.3 is 15.4 Å². The van der Waals surface area contributed by atoms with Crippen LogP contribution in [0.3, 0.4) is 0 Å². The van der Waals surface area contributed by atoms with E-state index < -0.39 is 17.4 Å². The molecule has 4 rings (SSSR count). The molecule has 3 amide bonds. The zero-order valence-corrected chi connectivity index (χ0v) is 17.7. The average molecular weight is 421 g/mol. The molecule has 0 bridgehead atoms. The van der Waals surface area contributed by atoms with Crippen LogP contribution >= 0.6 is 11.6 Å². The second-order valence-corrected chi connectivity index (χ2v) is 9.03. The molecule has 1 aromatic rings. The second kappa shape index (κ2) is 7.38. The minimum absolute atomic E-state index is 0.139. The van der Waals surface area contributed by atoms with E-state index in [1.165, 1.54) is 4.90 Å². The minimum Gasteiger partial charge on any atom is -0.385 e. The first-order chi connectivity index (χ1) is 13.8. The molecule has 0 saturated carbocycles. The molecule has 8 heteroatoms. The highest BCUT2D eigenvalue weighted by Gasteiger charge is 2.74. The predicted octanol–water partition coefficient (Wildman–Crippen LogP) is 1.12. The van der Waals surface area contributed by atoms with Crippen molar-refractivity contribution in [2.75, 3.05) is 25.6 Å². The fraction of sp³-hybridized carbons (Fsp3) is 0.571. The van der Waals surface area contributed by atoms with Crippen LogP contribution in [-0.4, -0.2) is 48.9 Å². The Kier molecular flexibility index (Phi) is 5.17. The molecule has 156 valence electrons. The van der Waals surface area contributed by atoms with Crippen molar-refractivity contribution in [1.29, 1.82) is 0 Å². The van der Waals surface area contributed by atoms with Gasteiger partial charge in [0.15, 0.2) is 0 Å². The Morgan fingerprint density at radius 1 is 1.28 bits per heavy atom. The summed E-state index contributed by atoms with van der Waals surface area (Å²) >= 11 is 6.33. The van der Waals surface area contributed by atoms with E-state index in [2.05, 4.69) is 19.2 Å². The number of hydrogen-bond acceptors (Lipinski definition) is 4. The number of carbonyl (C=O) groups excluding carboxylic acids is 3. The summed E-state index contributed by atoms with van der Waals surface area (Å²) in [6.07, 6.45) is 1.32. The Morgan fingerprint density at radius 3 is 2.72 bits per heavy atom. The number of para-hydroxylation sites is 1. The fourth-order valence-corrected chi connectivity index (χ4v) is 5.58. The largest absolute Gasteiger partial charge is 0.385 e. The van der Waals surface area contributed by atoms with E-state index >= 15 is 0 Å². The molecule has 0 aromatic heterocycles. The molecule has 1 aromatic carbocycles. The summed E-state index contributed by atoms with van der Waals surface area (Å²) in [5.41, 5.74) is 0.112. The van der Waals surface area contributed by atoms with Crippen molar-refractivity contribution in [3.05, 3.63) is 28.8 Å². The number of rotatable bonds is 6. The third-order valence-corrected chi connectivity index (χ3v) is 6.73. The number of halogens is 1. The second-order valence-electron chi connectivity index (χ2n) is 8.62. The first-order valence-electron chi connectivity index (χ1n) is 10.1. The van der Waals surface area contributed by atoms with Crippen LogP contribution in [0.5, 0.6) is 0 Å². The molecule has 2 saturated heterocycles. The molecule has 4 atom stereocenters. The molecule has 3 N–H and O–H groups in total. The van der Waals surface area contributed by atoms with E-state index in [0.717, 1.165) is 6.42 Å². The molecular weight excluding hydrogens is 394 g/mol. The number of amides is 3. The Morgan fingerprint density at radius 2 is 2.03 bits per heavy atom. The zero-order chi connectivity index (χ0) is 20.9. The summed E-state index contributed by atoms with van der Waals surface area (Å²) in [7, 11) is 1.59. The standard InChI is InChI=1S/C21H26ClN3O4/c1-11(2)10-14-15-16(19(27)25(18(15)26)8-5-9-29-3)21(24-14)12-6-4-7-13(22)17(12)23-20(21)28/h4,6-7,11,14-16,24H,5,8-10H2,1-3H3,(H,23,28)/p+1/t14-,15+,16-,21+/m0/s1. The number of nitrogens with one attached hydrogen (secondary N) is 1. The molecule has 2 fully saturated rings. The van der Waals surface area contributed by atoms with Crippen LogP contribution in [0.4, 0.5) is 5.69 Å². The quantitative estimate of drug-likeness (QED) is 0.532. The van der Waals surface area contributed by atoms with Gasteiger partial charge in [-0.15, -0.1) is 0 Å². The molecule has 3 heterocycles. The number of hydrogen-bond donors (Lipinski definition) is 2. The van der Waals surface area contributed by atoms with Crippen molar-refractivity contribution in [1.82, 2.24) is 4.90 Å². The molecular formula is C21H27ClN3O4+. The van der Waals surface area contributed by atoms with Crippen molar-refractivity contribution in [2.45, 2.75) is 38.3 Å². The normalized spacial score (nSPS) is 30.4. The van der Waals surface area contributed by atoms with Crippen LogP contribution < -0.4 is 10.6 Å². The highest BCUT2D eigenvalue weighted by molar-refractivity contribution is 6.35. The number of likely N-dealkylation sites (tertiary alicyclic amines) is 1. The third kappa shape index (κ3) is 2.90. The van der Waals surface area contributed by atoms with Gasteiger partial charge in [-0.2, -0.15) is 0 Å². The van der Waals surface area contributed by atoms with Crippen molar-refractivity contribution in [3.63, 3.8) is 0 Å². The van der Waals surface area contributed by atoms with E-state index in [4.69, 9.17) is 16.3 Å². The summed E-state index contributed by atoms with van der Waals surface area (Å²) in [6, 6.07) is 5.21. The fourth-order valence-electron chi connectivity index (χ4n) is 5.36. The lowest BCUT2D eigenvalue weighted by molar-refractivity contribution is -0.734. The smallest absolute Gasteiger partial charge is 0.291 e. The number of methoxy groups -OCH3 is 1. The van der Waals surface area contributed by atoms with Gasteiger partial charge in [0.2, 0.25) is 17.4 Å². The Hall–Kier alpha value is -1.96. The highest BCUT2D eigenvalue weighted by atomic mass is 35.5. The van der Waals surface area contributed by atoms with E-state index in [0.29, 0.717) is 41.8 Å². The van der Waals surface area contributed by atoms with Crippen molar-refractivity contribution in [3.8, 4) is 0 Å². The SMILES string of the molecule is COCCCN1C(=O)[C@@H]2[C@H](CC(C)C)[NH2+][C@@]3(C(=O)Nc4c(Cl)cccc43)[C@@H]2C1=O. The number of ether oxygens (including phenoxy) is 1. The monoisotopic (exact) mass is 420 g/mol. The van der Waals surface area contributed by atoms with Gasteiger partial charge in [0, 0.05) is 32.2 Å². The lowest BCUT2D eigenvalue weighted by Gasteiger charge is -2.26. The Bertz CT molecular complexity index is 873. The summed E-state index contributed by atoms with van der Waals surface area (Å²) in [5.74, 6) is -1.59. The van der Waals surface area contributed by atoms with Gasteiger partial charge >= 0.3 is 0 Å². The molecule has 7 nitrogen and oxygen atoms in total. The molecule has 0 unspecified atom stereocenters. The lowest BCUT2D eigenvalue weighted by Crippen LogP contribution is -2.99. The number of benzene rings is 1. The summed E-state index contributed by atoms with van der Waals surface area (Å²) in [4.78, 5) is 41.4. The molecule has 29 heavy (non-hydrogen) atoms. The number of nitrogens with two attached hydrogens (primary N) is 1. The summed E-state index contributed by atoms with van der Waals surface area (Å²) in [6.45, 7) is 4.96. The number of nitrogens with zero attached hydrogens (tertiary/aromatic N) is 1. The summed E-state index contributed by atoms with van der Waals surface area (Å²) < 4.78 is 5.08. The molecule has 0 aliphatic carbocycles. The van der Waals surface area contributed by atoms with Crippen molar-refractivity contribution >= 4 is 35.0 Å². The molecule has 0 radical (unpaired) electrons. The van der Waals surface area contributed by atoms with Crippen LogP contribution in [-0.2, 0) is 24.7 Å². The maximum absolute atomic E-state index is 13.5. The maximum atomic E-state index is 13.5. The summed E-state index contributed by atoms with van der Waals surface area (Å²) in [5, 5.41) is 5.29. The predicted molar refractivity (Wildman–Crippen MR) is 107 cm³/mol. The van der Waals surface area contributed by atoms with Gasteiger partial charge in [0.05, 0.1) is 10.7 Å². The van der Waals surface area contributed by atoms with Gasteiger partial charge in [-0.3, -0.25) is 19.3 Å². The van der Waals surface area contributed by atoms with Crippen LogP contribution in [0.1, 0.15) is 32.3 Å². The minimum atomic E-state index is -1.15. The van der Waals surface area contributed by atoms with Crippen molar-refractivity contribution < 1.29 is 24.4 Å².